The van der Waals surface area contributed by atoms with E-state index in [4.69, 9.17) is 11.6 Å². The molecular weight excluding hydrogens is 652 g/mol. The lowest BCUT2D eigenvalue weighted by atomic mass is 9.85. The van der Waals surface area contributed by atoms with Gasteiger partial charge in [-0.3, -0.25) is 19.2 Å². The van der Waals surface area contributed by atoms with Crippen LogP contribution in [0.5, 0.6) is 0 Å². The minimum Gasteiger partial charge on any atom is -0.352 e. The fourth-order valence-corrected chi connectivity index (χ4v) is 7.74. The van der Waals surface area contributed by atoms with Gasteiger partial charge in [-0.1, -0.05) is 73.3 Å². The van der Waals surface area contributed by atoms with Gasteiger partial charge in [0.05, 0.1) is 6.67 Å². The minimum atomic E-state index is -0.882. The molecule has 0 bridgehead atoms. The molecule has 50 heavy (non-hydrogen) atoms. The van der Waals surface area contributed by atoms with Gasteiger partial charge in [0.1, 0.15) is 18.1 Å². The summed E-state index contributed by atoms with van der Waals surface area (Å²) in [6, 6.07) is 23.7. The zero-order chi connectivity index (χ0) is 35.1. The number of rotatable bonds is 11. The Morgan fingerprint density at radius 1 is 0.880 bits per heavy atom. The number of anilines is 1. The van der Waals surface area contributed by atoms with Crippen molar-refractivity contribution < 1.29 is 19.2 Å². The molecule has 2 aliphatic heterocycles. The summed E-state index contributed by atoms with van der Waals surface area (Å²) in [5.74, 6) is -0.735. The number of hydrogen-bond donors (Lipinski definition) is 3. The van der Waals surface area contributed by atoms with Gasteiger partial charge < -0.3 is 30.7 Å². The molecule has 3 aromatic rings. The highest BCUT2D eigenvalue weighted by Crippen LogP contribution is 2.39. The highest BCUT2D eigenvalue weighted by molar-refractivity contribution is 6.30. The SMILES string of the molecule is CNCc1ccc(C(=O)N[C@H](Cc2ccc(Cl)cc2)C(=O)N2CCC3(CC2)C(=O)N(CC(=O)NC2CCCCC2)CN3c2ccccc2)cc1. The molecule has 2 heterocycles. The van der Waals surface area contributed by atoms with Crippen LogP contribution in [0.3, 0.4) is 0 Å². The molecule has 1 aliphatic carbocycles. The largest absolute Gasteiger partial charge is 0.352 e. The van der Waals surface area contributed by atoms with Gasteiger partial charge >= 0.3 is 0 Å². The van der Waals surface area contributed by atoms with Crippen molar-refractivity contribution >= 4 is 40.9 Å². The second-order valence-corrected chi connectivity index (χ2v) is 14.2. The summed E-state index contributed by atoms with van der Waals surface area (Å²) in [5, 5.41) is 9.85. The lowest BCUT2D eigenvalue weighted by molar-refractivity contribution is -0.140. The fraction of sp³-hybridized carbons (Fsp3) is 0.436. The first kappa shape index (κ1) is 35.4. The van der Waals surface area contributed by atoms with Crippen molar-refractivity contribution in [1.29, 1.82) is 0 Å². The van der Waals surface area contributed by atoms with E-state index in [0.29, 0.717) is 56.2 Å². The van der Waals surface area contributed by atoms with Crippen LogP contribution in [0, 0.1) is 0 Å². The number of nitrogens with zero attached hydrogens (tertiary/aromatic N) is 3. The van der Waals surface area contributed by atoms with E-state index in [1.165, 1.54) is 6.42 Å². The summed E-state index contributed by atoms with van der Waals surface area (Å²) in [6.45, 7) is 1.67. The van der Waals surface area contributed by atoms with Crippen molar-refractivity contribution in [1.82, 2.24) is 25.8 Å². The second kappa shape index (κ2) is 16.1. The van der Waals surface area contributed by atoms with Crippen molar-refractivity contribution in [3.05, 3.63) is 101 Å². The highest BCUT2D eigenvalue weighted by atomic mass is 35.5. The third-order valence-corrected chi connectivity index (χ3v) is 10.6. The molecule has 0 aromatic heterocycles. The summed E-state index contributed by atoms with van der Waals surface area (Å²) in [5.41, 5.74) is 2.42. The molecular formula is C39H47ClN6O4. The predicted molar refractivity (Wildman–Crippen MR) is 195 cm³/mol. The molecule has 1 saturated carbocycles. The van der Waals surface area contributed by atoms with Crippen molar-refractivity contribution in [3.8, 4) is 0 Å². The van der Waals surface area contributed by atoms with Crippen molar-refractivity contribution in [2.45, 2.75) is 75.5 Å². The molecule has 3 aromatic carbocycles. The molecule has 3 aliphatic rings. The van der Waals surface area contributed by atoms with Crippen LogP contribution in [0.2, 0.25) is 5.02 Å². The van der Waals surface area contributed by atoms with Crippen LogP contribution in [0.4, 0.5) is 5.69 Å². The second-order valence-electron chi connectivity index (χ2n) is 13.8. The number of hydrogen-bond acceptors (Lipinski definition) is 6. The van der Waals surface area contributed by atoms with E-state index in [0.717, 1.165) is 42.5 Å². The van der Waals surface area contributed by atoms with Gasteiger partial charge in [0.15, 0.2) is 0 Å². The van der Waals surface area contributed by atoms with Crippen LogP contribution in [0.15, 0.2) is 78.9 Å². The Labute approximate surface area is 299 Å². The Kier molecular flexibility index (Phi) is 11.4. The quantitative estimate of drug-likeness (QED) is 0.272. The molecule has 10 nitrogen and oxygen atoms in total. The third kappa shape index (κ3) is 8.13. The molecule has 11 heteroatoms. The fourth-order valence-electron chi connectivity index (χ4n) is 7.61. The number of benzene rings is 3. The molecule has 1 spiro atoms. The van der Waals surface area contributed by atoms with E-state index >= 15 is 0 Å². The Bertz CT molecular complexity index is 1640. The summed E-state index contributed by atoms with van der Waals surface area (Å²) < 4.78 is 0. The van der Waals surface area contributed by atoms with Crippen LogP contribution >= 0.6 is 11.6 Å². The summed E-state index contributed by atoms with van der Waals surface area (Å²) in [7, 11) is 1.87. The van der Waals surface area contributed by atoms with E-state index in [1.807, 2.05) is 61.6 Å². The van der Waals surface area contributed by atoms with E-state index in [1.54, 1.807) is 34.1 Å². The number of likely N-dealkylation sites (tertiary alicyclic amines) is 1. The first-order valence-electron chi connectivity index (χ1n) is 17.7. The normalized spacial score (nSPS) is 18.3. The van der Waals surface area contributed by atoms with E-state index < -0.39 is 11.6 Å². The average Bonchev–Trinajstić information content (AvgIpc) is 3.39. The number of carbonyl (C=O) groups is 4. The topological polar surface area (TPSA) is 114 Å². The lowest BCUT2D eigenvalue weighted by Crippen LogP contribution is -2.60. The smallest absolute Gasteiger partial charge is 0.251 e. The highest BCUT2D eigenvalue weighted by Gasteiger charge is 2.54. The minimum absolute atomic E-state index is 0.00813. The number of piperidine rings is 1. The summed E-state index contributed by atoms with van der Waals surface area (Å²) in [4.78, 5) is 60.6. The zero-order valence-corrected chi connectivity index (χ0v) is 29.5. The molecule has 4 amide bonds. The zero-order valence-electron chi connectivity index (χ0n) is 28.7. The van der Waals surface area contributed by atoms with E-state index in [2.05, 4.69) is 20.9 Å². The maximum Gasteiger partial charge on any atom is 0.251 e. The lowest BCUT2D eigenvalue weighted by Gasteiger charge is -2.44. The van der Waals surface area contributed by atoms with Gasteiger partial charge in [-0.15, -0.1) is 0 Å². The molecule has 1 atom stereocenters. The Balaban J connectivity index is 1.17. The van der Waals surface area contributed by atoms with Crippen molar-refractivity contribution in [2.24, 2.45) is 0 Å². The van der Waals surface area contributed by atoms with Gasteiger partial charge in [-0.05, 0) is 80.3 Å². The molecule has 6 rings (SSSR count). The summed E-state index contributed by atoms with van der Waals surface area (Å²) in [6.07, 6.45) is 6.48. The number of halogens is 1. The third-order valence-electron chi connectivity index (χ3n) is 10.3. The van der Waals surface area contributed by atoms with Crippen LogP contribution in [-0.2, 0) is 27.3 Å². The first-order chi connectivity index (χ1) is 24.3. The maximum atomic E-state index is 14.3. The molecule has 3 fully saturated rings. The van der Waals surface area contributed by atoms with Crippen LogP contribution in [0.25, 0.3) is 0 Å². The van der Waals surface area contributed by atoms with Crippen LogP contribution in [0.1, 0.15) is 66.4 Å². The Morgan fingerprint density at radius 2 is 1.54 bits per heavy atom. The van der Waals surface area contributed by atoms with Crippen LogP contribution < -0.4 is 20.9 Å². The van der Waals surface area contributed by atoms with Gasteiger partial charge in [0.2, 0.25) is 11.8 Å². The molecule has 0 radical (unpaired) electrons. The Morgan fingerprint density at radius 3 is 2.20 bits per heavy atom. The number of para-hydroxylation sites is 1. The molecule has 3 N–H and O–H groups in total. The molecule has 264 valence electrons. The maximum absolute atomic E-state index is 14.3. The molecule has 0 unspecified atom stereocenters. The number of carbonyl (C=O) groups excluding carboxylic acids is 4. The van der Waals surface area contributed by atoms with Crippen molar-refractivity contribution in [2.75, 3.05) is 38.3 Å². The van der Waals surface area contributed by atoms with Gasteiger partial charge in [0, 0.05) is 48.4 Å². The van der Waals surface area contributed by atoms with Crippen LogP contribution in [-0.4, -0.2) is 84.4 Å². The number of amides is 4. The number of nitrogens with one attached hydrogen (secondary N) is 3. The summed E-state index contributed by atoms with van der Waals surface area (Å²) >= 11 is 6.13. The van der Waals surface area contributed by atoms with Gasteiger partial charge in [-0.25, -0.2) is 0 Å². The average molecular weight is 699 g/mol. The van der Waals surface area contributed by atoms with E-state index in [9.17, 15) is 19.2 Å². The molecule has 2 saturated heterocycles. The first-order valence-corrected chi connectivity index (χ1v) is 18.1. The Hall–Kier alpha value is -4.41. The van der Waals surface area contributed by atoms with Crippen molar-refractivity contribution in [3.63, 3.8) is 0 Å². The van der Waals surface area contributed by atoms with E-state index in [-0.39, 0.29) is 36.2 Å². The predicted octanol–water partition coefficient (Wildman–Crippen LogP) is 4.52. The van der Waals surface area contributed by atoms with Gasteiger partial charge in [-0.2, -0.15) is 0 Å². The monoisotopic (exact) mass is 698 g/mol. The standard InChI is InChI=1S/C39H47ClN6O4/c1-41-25-29-12-16-30(17-13-29)36(48)43-34(24-28-14-18-31(40)19-15-28)37(49)44-22-20-39(21-23-44)38(50)45(27-46(39)33-10-6-3-7-11-33)26-35(47)42-32-8-4-2-5-9-32/h3,6-7,10-19,32,34,41H,2,4-5,8-9,20-27H2,1H3,(H,42,47)(H,43,48)/t34-/m1/s1. The van der Waals surface area contributed by atoms with Gasteiger partial charge in [0.25, 0.3) is 11.8 Å².